The van der Waals surface area contributed by atoms with Crippen LogP contribution >= 0.6 is 0 Å². The summed E-state index contributed by atoms with van der Waals surface area (Å²) < 4.78 is 5.49. The molecule has 0 bridgehead atoms. The molecule has 16 heavy (non-hydrogen) atoms. The Balaban J connectivity index is 2.96. The van der Waals surface area contributed by atoms with Gasteiger partial charge in [-0.3, -0.25) is 4.79 Å². The monoisotopic (exact) mass is 219 g/mol. The van der Waals surface area contributed by atoms with Crippen molar-refractivity contribution in [2.24, 2.45) is 0 Å². The topological polar surface area (TPSA) is 38.3 Å². The summed E-state index contributed by atoms with van der Waals surface area (Å²) in [5.74, 6) is 0.769. The van der Waals surface area contributed by atoms with Gasteiger partial charge < -0.3 is 10.1 Å². The molecule has 1 aromatic rings. The van der Waals surface area contributed by atoms with Gasteiger partial charge in [-0.05, 0) is 37.1 Å². The van der Waals surface area contributed by atoms with Gasteiger partial charge in [-0.25, -0.2) is 0 Å². The minimum absolute atomic E-state index is 0.0753. The summed E-state index contributed by atoms with van der Waals surface area (Å²) in [5.41, 5.74) is 1.82. The summed E-state index contributed by atoms with van der Waals surface area (Å²) in [7, 11) is 0. The lowest BCUT2D eigenvalue weighted by atomic mass is 10.1. The molecule has 0 aliphatic rings. The molecule has 0 saturated carbocycles. The normalized spacial score (nSPS) is 9.62. The number of nitrogens with one attached hydrogen (secondary N) is 1. The first-order valence-electron chi connectivity index (χ1n) is 5.31. The van der Waals surface area contributed by atoms with Crippen LogP contribution in [0.25, 0.3) is 0 Å². The van der Waals surface area contributed by atoms with E-state index in [2.05, 4.69) is 11.9 Å². The summed E-state index contributed by atoms with van der Waals surface area (Å²) >= 11 is 0. The van der Waals surface area contributed by atoms with Gasteiger partial charge in [0.15, 0.2) is 0 Å². The SMILES string of the molecule is C=CCc1cc(NC(C)=O)ccc1OCC. The van der Waals surface area contributed by atoms with E-state index in [0.717, 1.165) is 23.4 Å². The fraction of sp³-hybridized carbons (Fsp3) is 0.308. The molecule has 0 aromatic heterocycles. The number of hydrogen-bond donors (Lipinski definition) is 1. The second-order valence-corrected chi connectivity index (χ2v) is 3.43. The Hall–Kier alpha value is -1.77. The second kappa shape index (κ2) is 5.95. The molecule has 0 aliphatic heterocycles. The van der Waals surface area contributed by atoms with Crippen molar-refractivity contribution in [3.63, 3.8) is 0 Å². The van der Waals surface area contributed by atoms with Gasteiger partial charge in [0.05, 0.1) is 6.61 Å². The highest BCUT2D eigenvalue weighted by Gasteiger charge is 2.04. The summed E-state index contributed by atoms with van der Waals surface area (Å²) in [6.07, 6.45) is 2.54. The molecule has 0 aliphatic carbocycles. The van der Waals surface area contributed by atoms with Crippen LogP contribution in [0.1, 0.15) is 19.4 Å². The van der Waals surface area contributed by atoms with E-state index in [4.69, 9.17) is 4.74 Å². The van der Waals surface area contributed by atoms with Crippen LogP contribution in [-0.4, -0.2) is 12.5 Å². The molecule has 0 atom stereocenters. The zero-order chi connectivity index (χ0) is 12.0. The van der Waals surface area contributed by atoms with E-state index < -0.39 is 0 Å². The van der Waals surface area contributed by atoms with E-state index in [9.17, 15) is 4.79 Å². The molecule has 0 unspecified atom stereocenters. The lowest BCUT2D eigenvalue weighted by molar-refractivity contribution is -0.114. The van der Waals surface area contributed by atoms with Crippen molar-refractivity contribution in [1.29, 1.82) is 0 Å². The van der Waals surface area contributed by atoms with Crippen molar-refractivity contribution in [3.8, 4) is 5.75 Å². The predicted molar refractivity (Wildman–Crippen MR) is 65.8 cm³/mol. The van der Waals surface area contributed by atoms with E-state index in [-0.39, 0.29) is 5.91 Å². The van der Waals surface area contributed by atoms with Gasteiger partial charge in [0.2, 0.25) is 5.91 Å². The summed E-state index contributed by atoms with van der Waals surface area (Å²) in [6.45, 7) is 7.77. The van der Waals surface area contributed by atoms with Gasteiger partial charge in [0.25, 0.3) is 0 Å². The Kier molecular flexibility index (Phi) is 4.58. The molecule has 0 heterocycles. The standard InChI is InChI=1S/C13H17NO2/c1-4-6-11-9-12(14-10(3)15)7-8-13(11)16-5-2/h4,7-9H,1,5-6H2,2-3H3,(H,14,15). The average molecular weight is 219 g/mol. The molecule has 0 fully saturated rings. The molecule has 1 N–H and O–H groups in total. The number of benzene rings is 1. The third kappa shape index (κ3) is 3.42. The van der Waals surface area contributed by atoms with Crippen molar-refractivity contribution >= 4 is 11.6 Å². The molecule has 0 saturated heterocycles. The Morgan fingerprint density at radius 2 is 2.31 bits per heavy atom. The lowest BCUT2D eigenvalue weighted by Gasteiger charge is -2.11. The van der Waals surface area contributed by atoms with Gasteiger partial charge in [-0.2, -0.15) is 0 Å². The number of amides is 1. The Morgan fingerprint density at radius 1 is 1.56 bits per heavy atom. The van der Waals surface area contributed by atoms with Gasteiger partial charge >= 0.3 is 0 Å². The highest BCUT2D eigenvalue weighted by molar-refractivity contribution is 5.88. The van der Waals surface area contributed by atoms with Gasteiger partial charge in [-0.15, -0.1) is 6.58 Å². The number of carbonyl (C=O) groups excluding carboxylic acids is 1. The van der Waals surface area contributed by atoms with E-state index in [0.29, 0.717) is 6.61 Å². The van der Waals surface area contributed by atoms with Crippen LogP contribution in [0.3, 0.4) is 0 Å². The number of anilines is 1. The van der Waals surface area contributed by atoms with Crippen LogP contribution < -0.4 is 10.1 Å². The summed E-state index contributed by atoms with van der Waals surface area (Å²) in [5, 5.41) is 2.74. The minimum atomic E-state index is -0.0753. The fourth-order valence-electron chi connectivity index (χ4n) is 1.47. The molecular weight excluding hydrogens is 202 g/mol. The van der Waals surface area contributed by atoms with Crippen molar-refractivity contribution < 1.29 is 9.53 Å². The number of rotatable bonds is 5. The molecular formula is C13H17NO2. The Labute approximate surface area is 96.1 Å². The van der Waals surface area contributed by atoms with E-state index in [1.165, 1.54) is 6.92 Å². The molecule has 0 spiro atoms. The van der Waals surface area contributed by atoms with Crippen molar-refractivity contribution in [2.45, 2.75) is 20.3 Å². The second-order valence-electron chi connectivity index (χ2n) is 3.43. The fourth-order valence-corrected chi connectivity index (χ4v) is 1.47. The zero-order valence-electron chi connectivity index (χ0n) is 9.75. The third-order valence-electron chi connectivity index (χ3n) is 2.04. The number of ether oxygens (including phenoxy) is 1. The lowest BCUT2D eigenvalue weighted by Crippen LogP contribution is -2.06. The average Bonchev–Trinajstić information content (AvgIpc) is 2.21. The molecule has 3 nitrogen and oxygen atoms in total. The summed E-state index contributed by atoms with van der Waals surface area (Å²) in [4.78, 5) is 10.9. The van der Waals surface area contributed by atoms with Crippen LogP contribution in [-0.2, 0) is 11.2 Å². The molecule has 1 amide bonds. The van der Waals surface area contributed by atoms with E-state index in [1.807, 2.05) is 31.2 Å². The third-order valence-corrected chi connectivity index (χ3v) is 2.04. The highest BCUT2D eigenvalue weighted by atomic mass is 16.5. The zero-order valence-corrected chi connectivity index (χ0v) is 9.75. The van der Waals surface area contributed by atoms with Crippen LogP contribution in [0.2, 0.25) is 0 Å². The maximum atomic E-state index is 10.9. The molecule has 1 aromatic carbocycles. The Bertz CT molecular complexity index is 386. The smallest absolute Gasteiger partial charge is 0.221 e. The van der Waals surface area contributed by atoms with E-state index in [1.54, 1.807) is 0 Å². The predicted octanol–water partition coefficient (Wildman–Crippen LogP) is 2.77. The maximum Gasteiger partial charge on any atom is 0.221 e. The molecule has 0 radical (unpaired) electrons. The largest absolute Gasteiger partial charge is 0.494 e. The van der Waals surface area contributed by atoms with Crippen LogP contribution in [0.5, 0.6) is 5.75 Å². The van der Waals surface area contributed by atoms with Crippen molar-refractivity contribution in [1.82, 2.24) is 0 Å². The first kappa shape index (κ1) is 12.3. The van der Waals surface area contributed by atoms with Gasteiger partial charge in [0, 0.05) is 12.6 Å². The minimum Gasteiger partial charge on any atom is -0.494 e. The molecule has 86 valence electrons. The highest BCUT2D eigenvalue weighted by Crippen LogP contribution is 2.23. The van der Waals surface area contributed by atoms with Gasteiger partial charge in [-0.1, -0.05) is 6.08 Å². The van der Waals surface area contributed by atoms with Crippen molar-refractivity contribution in [2.75, 3.05) is 11.9 Å². The van der Waals surface area contributed by atoms with Crippen LogP contribution in [0, 0.1) is 0 Å². The number of carbonyl (C=O) groups is 1. The van der Waals surface area contributed by atoms with Gasteiger partial charge in [0.1, 0.15) is 5.75 Å². The molecule has 3 heteroatoms. The van der Waals surface area contributed by atoms with Crippen molar-refractivity contribution in [3.05, 3.63) is 36.4 Å². The first-order valence-corrected chi connectivity index (χ1v) is 5.31. The van der Waals surface area contributed by atoms with Crippen LogP contribution in [0.15, 0.2) is 30.9 Å². The maximum absolute atomic E-state index is 10.9. The first-order chi connectivity index (χ1) is 7.67. The Morgan fingerprint density at radius 3 is 2.88 bits per heavy atom. The number of hydrogen-bond acceptors (Lipinski definition) is 2. The van der Waals surface area contributed by atoms with E-state index >= 15 is 0 Å². The summed E-state index contributed by atoms with van der Waals surface area (Å²) in [6, 6.07) is 5.61. The molecule has 1 rings (SSSR count). The van der Waals surface area contributed by atoms with Crippen LogP contribution in [0.4, 0.5) is 5.69 Å². The number of allylic oxidation sites excluding steroid dienone is 1. The quantitative estimate of drug-likeness (QED) is 0.773.